The molecule has 0 amide bonds. The topological polar surface area (TPSA) is 54.7 Å². The highest BCUT2D eigenvalue weighted by Crippen LogP contribution is 2.25. The van der Waals surface area contributed by atoms with E-state index < -0.39 is 0 Å². The molecule has 0 spiro atoms. The van der Waals surface area contributed by atoms with Crippen molar-refractivity contribution in [1.29, 1.82) is 0 Å². The molecule has 14 heavy (non-hydrogen) atoms. The normalized spacial score (nSPS) is 14.1. The van der Waals surface area contributed by atoms with Crippen LogP contribution in [0.4, 0.5) is 5.82 Å². The summed E-state index contributed by atoms with van der Waals surface area (Å²) in [5.74, 6) is 0.557. The molecule has 1 aliphatic carbocycles. The molecule has 68 valence electrons. The maximum absolute atomic E-state index is 5.60. The van der Waals surface area contributed by atoms with E-state index in [0.29, 0.717) is 5.82 Å². The molecule has 2 aromatic rings. The minimum atomic E-state index is 0.557. The fraction of sp³-hybridized carbons (Fsp3) is 0. The molecular weight excluding hydrogens is 174 g/mol. The number of aromatic nitrogens is 2. The van der Waals surface area contributed by atoms with Crippen LogP contribution in [-0.2, 0) is 0 Å². The maximum atomic E-state index is 5.60. The Morgan fingerprint density at radius 3 is 2.86 bits per heavy atom. The number of allylic oxidation sites excluding steroid dienone is 4. The van der Waals surface area contributed by atoms with Gasteiger partial charge in [0.1, 0.15) is 5.82 Å². The Balaban J connectivity index is 2.20. The summed E-state index contributed by atoms with van der Waals surface area (Å²) < 4.78 is 0. The molecule has 0 saturated carbocycles. The SMILES string of the molecule is Nc1cc2cc(C3=CC=C3)[nH]c2cn1. The minimum absolute atomic E-state index is 0.557. The second kappa shape index (κ2) is 2.48. The van der Waals surface area contributed by atoms with E-state index in [-0.39, 0.29) is 0 Å². The molecule has 0 aromatic carbocycles. The molecule has 3 N–H and O–H groups in total. The molecule has 1 aliphatic rings. The smallest absolute Gasteiger partial charge is 0.124 e. The van der Waals surface area contributed by atoms with Crippen molar-refractivity contribution in [2.24, 2.45) is 0 Å². The molecular formula is C11H9N3. The van der Waals surface area contributed by atoms with E-state index in [1.165, 1.54) is 5.57 Å². The molecule has 0 saturated heterocycles. The average Bonchev–Trinajstić information content (AvgIpc) is 2.43. The predicted molar refractivity (Wildman–Crippen MR) is 57.6 cm³/mol. The summed E-state index contributed by atoms with van der Waals surface area (Å²) in [4.78, 5) is 7.32. The Hall–Kier alpha value is -2.03. The molecule has 0 fully saturated rings. The van der Waals surface area contributed by atoms with Crippen LogP contribution in [0.3, 0.4) is 0 Å². The summed E-state index contributed by atoms with van der Waals surface area (Å²) in [6, 6.07) is 3.96. The van der Waals surface area contributed by atoms with Gasteiger partial charge in [-0.2, -0.15) is 0 Å². The van der Waals surface area contributed by atoms with Gasteiger partial charge < -0.3 is 10.7 Å². The highest BCUT2D eigenvalue weighted by molar-refractivity contribution is 5.89. The van der Waals surface area contributed by atoms with Gasteiger partial charge in [0.2, 0.25) is 0 Å². The number of H-pyrrole nitrogens is 1. The van der Waals surface area contributed by atoms with Gasteiger partial charge in [-0.25, -0.2) is 4.98 Å². The van der Waals surface area contributed by atoms with Gasteiger partial charge in [-0.3, -0.25) is 0 Å². The molecule has 3 heteroatoms. The lowest BCUT2D eigenvalue weighted by molar-refractivity contribution is 1.33. The quantitative estimate of drug-likeness (QED) is 0.711. The Labute approximate surface area is 81.0 Å². The lowest BCUT2D eigenvalue weighted by atomic mass is 10.1. The Kier molecular flexibility index (Phi) is 1.31. The number of nitrogens with two attached hydrogens (primary N) is 1. The van der Waals surface area contributed by atoms with Crippen LogP contribution >= 0.6 is 0 Å². The van der Waals surface area contributed by atoms with E-state index in [2.05, 4.69) is 28.2 Å². The number of anilines is 1. The van der Waals surface area contributed by atoms with Crippen LogP contribution in [0.1, 0.15) is 5.69 Å². The van der Waals surface area contributed by atoms with Crippen molar-refractivity contribution in [2.45, 2.75) is 0 Å². The molecule has 0 atom stereocenters. The van der Waals surface area contributed by atoms with E-state index in [1.54, 1.807) is 6.20 Å². The van der Waals surface area contributed by atoms with Crippen LogP contribution in [0.2, 0.25) is 0 Å². The third kappa shape index (κ3) is 0.956. The van der Waals surface area contributed by atoms with Gasteiger partial charge in [0.15, 0.2) is 0 Å². The summed E-state index contributed by atoms with van der Waals surface area (Å²) in [5, 5.41) is 1.11. The van der Waals surface area contributed by atoms with Crippen molar-refractivity contribution in [2.75, 3.05) is 5.73 Å². The maximum Gasteiger partial charge on any atom is 0.124 e. The molecule has 0 aliphatic heterocycles. The van der Waals surface area contributed by atoms with Crippen molar-refractivity contribution in [3.63, 3.8) is 0 Å². The molecule has 0 radical (unpaired) electrons. The average molecular weight is 183 g/mol. The fourth-order valence-electron chi connectivity index (χ4n) is 1.58. The van der Waals surface area contributed by atoms with Crippen LogP contribution in [0.15, 0.2) is 36.6 Å². The van der Waals surface area contributed by atoms with Crippen LogP contribution in [0, 0.1) is 0 Å². The number of hydrogen-bond acceptors (Lipinski definition) is 2. The van der Waals surface area contributed by atoms with Gasteiger partial charge in [0, 0.05) is 11.1 Å². The Morgan fingerprint density at radius 2 is 2.14 bits per heavy atom. The third-order valence-electron chi connectivity index (χ3n) is 2.39. The summed E-state index contributed by atoms with van der Waals surface area (Å²) >= 11 is 0. The second-order valence-electron chi connectivity index (χ2n) is 3.36. The lowest BCUT2D eigenvalue weighted by Gasteiger charge is -2.02. The number of nitrogens with zero attached hydrogens (tertiary/aromatic N) is 1. The summed E-state index contributed by atoms with van der Waals surface area (Å²) in [5.41, 5.74) is 8.97. The molecule has 2 heterocycles. The van der Waals surface area contributed by atoms with E-state index in [4.69, 9.17) is 5.73 Å². The van der Waals surface area contributed by atoms with E-state index in [9.17, 15) is 0 Å². The van der Waals surface area contributed by atoms with Crippen molar-refractivity contribution in [1.82, 2.24) is 9.97 Å². The third-order valence-corrected chi connectivity index (χ3v) is 2.39. The zero-order chi connectivity index (χ0) is 9.54. The van der Waals surface area contributed by atoms with Crippen molar-refractivity contribution in [3.05, 3.63) is 42.3 Å². The first-order valence-electron chi connectivity index (χ1n) is 4.46. The lowest BCUT2D eigenvalue weighted by Crippen LogP contribution is -1.87. The fourth-order valence-corrected chi connectivity index (χ4v) is 1.58. The first-order chi connectivity index (χ1) is 6.83. The van der Waals surface area contributed by atoms with Gasteiger partial charge in [0.05, 0.1) is 11.7 Å². The van der Waals surface area contributed by atoms with Gasteiger partial charge in [-0.05, 0) is 17.7 Å². The predicted octanol–water partition coefficient (Wildman–Crippen LogP) is 2.10. The van der Waals surface area contributed by atoms with Gasteiger partial charge in [0.25, 0.3) is 0 Å². The monoisotopic (exact) mass is 183 g/mol. The molecule has 2 aromatic heterocycles. The standard InChI is InChI=1S/C11H9N3/c12-11-5-8-4-9(7-2-1-3-7)14-10(8)6-13-11/h1-6,14H,(H2,12,13). The van der Waals surface area contributed by atoms with Crippen LogP contribution in [0.5, 0.6) is 0 Å². The van der Waals surface area contributed by atoms with Gasteiger partial charge in [-0.1, -0.05) is 18.2 Å². The molecule has 0 unspecified atom stereocenters. The van der Waals surface area contributed by atoms with Gasteiger partial charge in [-0.15, -0.1) is 0 Å². The van der Waals surface area contributed by atoms with Crippen LogP contribution < -0.4 is 5.73 Å². The zero-order valence-corrected chi connectivity index (χ0v) is 7.49. The number of nitrogen functional groups attached to an aromatic ring is 1. The Morgan fingerprint density at radius 1 is 1.29 bits per heavy atom. The number of hydrogen-bond donors (Lipinski definition) is 2. The number of nitrogens with one attached hydrogen (secondary N) is 1. The van der Waals surface area contributed by atoms with Gasteiger partial charge >= 0.3 is 0 Å². The highest BCUT2D eigenvalue weighted by Gasteiger charge is 2.06. The number of fused-ring (bicyclic) bond motifs is 1. The van der Waals surface area contributed by atoms with Crippen molar-refractivity contribution in [3.8, 4) is 0 Å². The number of pyridine rings is 1. The number of rotatable bonds is 1. The second-order valence-corrected chi connectivity index (χ2v) is 3.36. The first-order valence-corrected chi connectivity index (χ1v) is 4.46. The summed E-state index contributed by atoms with van der Waals surface area (Å²) in [7, 11) is 0. The minimum Gasteiger partial charge on any atom is -0.384 e. The summed E-state index contributed by atoms with van der Waals surface area (Å²) in [6.07, 6.45) is 7.92. The first kappa shape index (κ1) is 7.38. The van der Waals surface area contributed by atoms with E-state index in [0.717, 1.165) is 16.6 Å². The van der Waals surface area contributed by atoms with Crippen LogP contribution in [-0.4, -0.2) is 9.97 Å². The van der Waals surface area contributed by atoms with Crippen molar-refractivity contribution < 1.29 is 0 Å². The summed E-state index contributed by atoms with van der Waals surface area (Å²) in [6.45, 7) is 0. The molecule has 3 rings (SSSR count). The molecule has 0 bridgehead atoms. The number of aromatic amines is 1. The molecule has 3 nitrogen and oxygen atoms in total. The Bertz CT molecular complexity index is 561. The highest BCUT2D eigenvalue weighted by atomic mass is 14.8. The zero-order valence-electron chi connectivity index (χ0n) is 7.49. The largest absolute Gasteiger partial charge is 0.384 e. The van der Waals surface area contributed by atoms with E-state index in [1.807, 2.05) is 12.1 Å². The van der Waals surface area contributed by atoms with Crippen LogP contribution in [0.25, 0.3) is 16.5 Å². The van der Waals surface area contributed by atoms with E-state index >= 15 is 0 Å². The van der Waals surface area contributed by atoms with Crippen molar-refractivity contribution >= 4 is 22.3 Å².